The maximum absolute atomic E-state index is 12.2. The normalized spacial score (nSPS) is 17.9. The summed E-state index contributed by atoms with van der Waals surface area (Å²) in [6, 6.07) is 1.70. The summed E-state index contributed by atoms with van der Waals surface area (Å²) in [5, 5.41) is 0. The third kappa shape index (κ3) is 2.91. The van der Waals surface area contributed by atoms with Crippen molar-refractivity contribution in [2.45, 2.75) is 35.3 Å². The fourth-order valence-electron chi connectivity index (χ4n) is 1.71. The lowest BCUT2D eigenvalue weighted by Crippen LogP contribution is -2.31. The highest BCUT2D eigenvalue weighted by Gasteiger charge is 2.42. The molecule has 2 rings (SSSR count). The van der Waals surface area contributed by atoms with Crippen LogP contribution in [0.2, 0.25) is 0 Å². The second-order valence-corrected chi connectivity index (χ2v) is 8.99. The zero-order chi connectivity index (χ0) is 13.4. The van der Waals surface area contributed by atoms with Crippen molar-refractivity contribution in [2.24, 2.45) is 5.73 Å². The molecule has 1 heterocycles. The van der Waals surface area contributed by atoms with Crippen LogP contribution in [0.5, 0.6) is 0 Å². The number of hydrogen-bond acceptors (Lipinski definition) is 5. The van der Waals surface area contributed by atoms with E-state index in [1.807, 2.05) is 13.2 Å². The Morgan fingerprint density at radius 1 is 1.56 bits per heavy atom. The molecule has 1 saturated carbocycles. The van der Waals surface area contributed by atoms with Gasteiger partial charge in [-0.05, 0) is 37.7 Å². The van der Waals surface area contributed by atoms with Crippen LogP contribution in [0.1, 0.15) is 23.3 Å². The summed E-state index contributed by atoms with van der Waals surface area (Å²) in [5.74, 6) is 0. The highest BCUT2D eigenvalue weighted by Crippen LogP contribution is 2.46. The van der Waals surface area contributed by atoms with Gasteiger partial charge in [-0.2, -0.15) is 11.8 Å². The molecule has 0 unspecified atom stereocenters. The number of nitrogens with one attached hydrogen (secondary N) is 1. The van der Waals surface area contributed by atoms with Crippen LogP contribution in [0.4, 0.5) is 0 Å². The van der Waals surface area contributed by atoms with Crippen molar-refractivity contribution in [3.63, 3.8) is 0 Å². The van der Waals surface area contributed by atoms with Crippen molar-refractivity contribution in [3.05, 3.63) is 16.5 Å². The van der Waals surface area contributed by atoms with Gasteiger partial charge >= 0.3 is 0 Å². The van der Waals surface area contributed by atoms with Crippen molar-refractivity contribution < 1.29 is 8.42 Å². The van der Waals surface area contributed by atoms with Gasteiger partial charge in [0.1, 0.15) is 4.21 Å². The van der Waals surface area contributed by atoms with E-state index < -0.39 is 10.0 Å². The van der Waals surface area contributed by atoms with Crippen molar-refractivity contribution in [1.29, 1.82) is 0 Å². The predicted octanol–water partition coefficient (Wildman–Crippen LogP) is 1.69. The molecule has 0 radical (unpaired) electrons. The first-order valence-electron chi connectivity index (χ1n) is 5.77. The van der Waals surface area contributed by atoms with Crippen LogP contribution in [0, 0.1) is 6.92 Å². The molecule has 0 aromatic carbocycles. The predicted molar refractivity (Wildman–Crippen MR) is 77.6 cm³/mol. The molecular weight excluding hydrogens is 288 g/mol. The van der Waals surface area contributed by atoms with E-state index in [4.69, 9.17) is 5.73 Å². The minimum Gasteiger partial charge on any atom is -0.326 e. The van der Waals surface area contributed by atoms with Gasteiger partial charge in [-0.25, -0.2) is 13.1 Å². The Hall–Kier alpha value is -0.0800. The maximum Gasteiger partial charge on any atom is 0.250 e. The van der Waals surface area contributed by atoms with Crippen LogP contribution >= 0.6 is 23.1 Å². The second-order valence-electron chi connectivity index (χ2n) is 4.59. The number of aryl methyl sites for hydroxylation is 1. The first kappa shape index (κ1) is 14.3. The molecule has 3 N–H and O–H groups in total. The summed E-state index contributed by atoms with van der Waals surface area (Å²) in [7, 11) is -3.38. The van der Waals surface area contributed by atoms with E-state index in [2.05, 4.69) is 4.72 Å². The summed E-state index contributed by atoms with van der Waals surface area (Å²) in [5.41, 5.74) is 6.53. The van der Waals surface area contributed by atoms with Crippen LogP contribution in [-0.2, 0) is 16.6 Å². The van der Waals surface area contributed by atoms with E-state index in [0.717, 1.165) is 23.3 Å². The summed E-state index contributed by atoms with van der Waals surface area (Å²) in [4.78, 5) is 0.932. The quantitative estimate of drug-likeness (QED) is 0.839. The molecule has 18 heavy (non-hydrogen) atoms. The fourth-order valence-corrected chi connectivity index (χ4v) is 5.17. The molecule has 4 nitrogen and oxygen atoms in total. The van der Waals surface area contributed by atoms with Gasteiger partial charge < -0.3 is 5.73 Å². The van der Waals surface area contributed by atoms with Crippen molar-refractivity contribution in [1.82, 2.24) is 4.72 Å². The van der Waals surface area contributed by atoms with Gasteiger partial charge in [-0.3, -0.25) is 0 Å². The number of sulfonamides is 1. The SMILES string of the molecule is CSC1(CNS(=O)(=O)c2cc(C)c(CN)s2)CC1. The standard InChI is InChI=1S/C11H18N2O2S3/c1-8-5-10(17-9(8)6-12)18(14,15)13-7-11(16-2)3-4-11/h5,13H,3-4,6-7,12H2,1-2H3. The third-order valence-electron chi connectivity index (χ3n) is 3.27. The minimum atomic E-state index is -3.38. The molecule has 1 aromatic heterocycles. The topological polar surface area (TPSA) is 72.2 Å². The molecule has 0 saturated heterocycles. The first-order valence-corrected chi connectivity index (χ1v) is 9.29. The highest BCUT2D eigenvalue weighted by molar-refractivity contribution is 8.00. The van der Waals surface area contributed by atoms with E-state index in [1.54, 1.807) is 17.8 Å². The molecule has 1 aromatic rings. The molecule has 1 aliphatic carbocycles. The van der Waals surface area contributed by atoms with Crippen LogP contribution < -0.4 is 10.5 Å². The first-order chi connectivity index (χ1) is 8.42. The highest BCUT2D eigenvalue weighted by atomic mass is 32.2. The number of thiophene rings is 1. The summed E-state index contributed by atoms with van der Waals surface area (Å²) in [6.45, 7) is 2.80. The van der Waals surface area contributed by atoms with Gasteiger partial charge in [0.05, 0.1) is 0 Å². The van der Waals surface area contributed by atoms with Crippen molar-refractivity contribution in [2.75, 3.05) is 12.8 Å². The summed E-state index contributed by atoms with van der Waals surface area (Å²) >= 11 is 3.01. The average Bonchev–Trinajstić information content (AvgIpc) is 3.03. The largest absolute Gasteiger partial charge is 0.326 e. The molecule has 0 spiro atoms. The lowest BCUT2D eigenvalue weighted by molar-refractivity contribution is 0.582. The molecular formula is C11H18N2O2S3. The Balaban J connectivity index is 2.10. The Labute approximate surface area is 116 Å². The Morgan fingerprint density at radius 3 is 2.67 bits per heavy atom. The molecule has 0 bridgehead atoms. The molecule has 7 heteroatoms. The molecule has 0 aliphatic heterocycles. The minimum absolute atomic E-state index is 0.135. The molecule has 1 fully saturated rings. The van der Waals surface area contributed by atoms with Gasteiger partial charge in [0.2, 0.25) is 10.0 Å². The number of nitrogens with two attached hydrogens (primary N) is 1. The number of rotatable bonds is 6. The van der Waals surface area contributed by atoms with E-state index in [1.165, 1.54) is 11.3 Å². The third-order valence-corrected chi connectivity index (χ3v) is 7.83. The number of thioether (sulfide) groups is 1. The zero-order valence-electron chi connectivity index (χ0n) is 10.5. The molecule has 0 atom stereocenters. The van der Waals surface area contributed by atoms with Gasteiger partial charge in [0, 0.05) is 22.7 Å². The van der Waals surface area contributed by atoms with Gasteiger partial charge in [-0.15, -0.1) is 11.3 Å². The van der Waals surface area contributed by atoms with Crippen molar-refractivity contribution >= 4 is 33.1 Å². The van der Waals surface area contributed by atoms with E-state index in [0.29, 0.717) is 17.3 Å². The molecule has 0 amide bonds. The molecule has 1 aliphatic rings. The van der Waals surface area contributed by atoms with E-state index in [-0.39, 0.29) is 4.75 Å². The van der Waals surface area contributed by atoms with E-state index >= 15 is 0 Å². The smallest absolute Gasteiger partial charge is 0.250 e. The van der Waals surface area contributed by atoms with Crippen LogP contribution in [0.3, 0.4) is 0 Å². The Morgan fingerprint density at radius 2 is 2.22 bits per heavy atom. The maximum atomic E-state index is 12.2. The van der Waals surface area contributed by atoms with Gasteiger partial charge in [0.15, 0.2) is 0 Å². The second kappa shape index (κ2) is 5.13. The van der Waals surface area contributed by atoms with Crippen molar-refractivity contribution in [3.8, 4) is 0 Å². The van der Waals surface area contributed by atoms with Gasteiger partial charge in [0.25, 0.3) is 0 Å². The van der Waals surface area contributed by atoms with Gasteiger partial charge in [-0.1, -0.05) is 0 Å². The Kier molecular flexibility index (Phi) is 4.08. The average molecular weight is 306 g/mol. The monoisotopic (exact) mass is 306 g/mol. The molecule has 102 valence electrons. The van der Waals surface area contributed by atoms with Crippen LogP contribution in [-0.4, -0.2) is 26.0 Å². The van der Waals surface area contributed by atoms with Crippen LogP contribution in [0.15, 0.2) is 10.3 Å². The Bertz CT molecular complexity index is 532. The lowest BCUT2D eigenvalue weighted by Gasteiger charge is -2.12. The van der Waals surface area contributed by atoms with E-state index in [9.17, 15) is 8.42 Å². The summed E-state index contributed by atoms with van der Waals surface area (Å²) in [6.07, 6.45) is 4.21. The zero-order valence-corrected chi connectivity index (χ0v) is 13.0. The fraction of sp³-hybridized carbons (Fsp3) is 0.636. The van der Waals surface area contributed by atoms with Crippen LogP contribution in [0.25, 0.3) is 0 Å². The lowest BCUT2D eigenvalue weighted by atomic mass is 10.3. The summed E-state index contributed by atoms with van der Waals surface area (Å²) < 4.78 is 27.5. The number of hydrogen-bond donors (Lipinski definition) is 2.